The molecule has 1 aromatic carbocycles. The van der Waals surface area contributed by atoms with E-state index in [0.29, 0.717) is 5.56 Å². The van der Waals surface area contributed by atoms with Gasteiger partial charge in [-0.2, -0.15) is 0 Å². The molecule has 3 atom stereocenters. The van der Waals surface area contributed by atoms with Crippen LogP contribution < -0.4 is 16.4 Å². The second kappa shape index (κ2) is 10.2. The monoisotopic (exact) mass is 434 g/mol. The molecule has 2 amide bonds. The molecule has 0 saturated heterocycles. The van der Waals surface area contributed by atoms with Crippen LogP contribution in [0.3, 0.4) is 0 Å². The summed E-state index contributed by atoms with van der Waals surface area (Å²) in [7, 11) is 0. The lowest BCUT2D eigenvalue weighted by Gasteiger charge is -2.21. The summed E-state index contributed by atoms with van der Waals surface area (Å²) in [4.78, 5) is 61.0. The van der Waals surface area contributed by atoms with Crippen molar-refractivity contribution in [1.29, 1.82) is 0 Å². The van der Waals surface area contributed by atoms with Gasteiger partial charge in [0.05, 0.1) is 18.9 Å². The Morgan fingerprint density at radius 1 is 0.903 bits per heavy atom. The number of hydrogen-bond acceptors (Lipinski definition) is 6. The summed E-state index contributed by atoms with van der Waals surface area (Å²) in [6.45, 7) is 0. The molecule has 0 spiro atoms. The Balaban J connectivity index is 2.14. The third-order valence-electron chi connectivity index (χ3n) is 4.46. The van der Waals surface area contributed by atoms with Crippen LogP contribution in [0.4, 0.5) is 0 Å². The lowest BCUT2D eigenvalue weighted by atomic mass is 10.0. The fourth-order valence-electron chi connectivity index (χ4n) is 2.94. The van der Waals surface area contributed by atoms with Crippen LogP contribution >= 0.6 is 0 Å². The molecule has 0 saturated carbocycles. The Hall–Kier alpha value is -3.93. The molecule has 1 heterocycles. The van der Waals surface area contributed by atoms with Gasteiger partial charge in [0.2, 0.25) is 11.8 Å². The normalized spacial score (nSPS) is 13.7. The van der Waals surface area contributed by atoms with Crippen LogP contribution in [-0.4, -0.2) is 68.2 Å². The maximum Gasteiger partial charge on any atom is 0.326 e. The predicted octanol–water partition coefficient (Wildman–Crippen LogP) is -0.959. The number of fused-ring (bicyclic) bond motifs is 1. The van der Waals surface area contributed by atoms with Gasteiger partial charge in [0.25, 0.3) is 0 Å². The fraction of sp³-hybridized carbons (Fsp3) is 0.316. The maximum atomic E-state index is 12.5. The molecule has 0 aliphatic carbocycles. The SMILES string of the molecule is NC(CC(=O)O)C(=O)NC(CC(=O)O)C(=O)NC(Cc1c[nH]c2ccccc12)C(=O)O. The number of carbonyl (C=O) groups is 5. The van der Waals surface area contributed by atoms with E-state index in [0.717, 1.165) is 10.9 Å². The van der Waals surface area contributed by atoms with E-state index in [1.54, 1.807) is 30.5 Å². The summed E-state index contributed by atoms with van der Waals surface area (Å²) in [5, 5.41) is 32.3. The summed E-state index contributed by atoms with van der Waals surface area (Å²) in [5.74, 6) is -6.25. The van der Waals surface area contributed by atoms with E-state index in [4.69, 9.17) is 15.9 Å². The molecule has 1 aromatic heterocycles. The molecule has 0 radical (unpaired) electrons. The predicted molar refractivity (Wildman–Crippen MR) is 106 cm³/mol. The van der Waals surface area contributed by atoms with E-state index in [1.165, 1.54) is 0 Å². The Labute approximate surface area is 175 Å². The van der Waals surface area contributed by atoms with Crippen LogP contribution in [0.5, 0.6) is 0 Å². The number of aliphatic carboxylic acids is 3. The molecule has 0 aliphatic rings. The van der Waals surface area contributed by atoms with Crippen LogP contribution in [-0.2, 0) is 30.4 Å². The van der Waals surface area contributed by atoms with Crippen molar-refractivity contribution in [2.45, 2.75) is 37.4 Å². The number of nitrogens with two attached hydrogens (primary N) is 1. The summed E-state index contributed by atoms with van der Waals surface area (Å²) >= 11 is 0. The number of benzene rings is 1. The van der Waals surface area contributed by atoms with Crippen LogP contribution in [0.15, 0.2) is 30.5 Å². The van der Waals surface area contributed by atoms with E-state index in [-0.39, 0.29) is 6.42 Å². The second-order valence-electron chi connectivity index (χ2n) is 6.83. The van der Waals surface area contributed by atoms with Crippen LogP contribution in [0.2, 0.25) is 0 Å². The number of para-hydroxylation sites is 1. The van der Waals surface area contributed by atoms with Crippen molar-refractivity contribution in [2.75, 3.05) is 0 Å². The Kier molecular flexibility index (Phi) is 7.69. The molecular formula is C19H22N4O8. The van der Waals surface area contributed by atoms with Crippen LogP contribution in [0.1, 0.15) is 18.4 Å². The van der Waals surface area contributed by atoms with Gasteiger partial charge in [0.15, 0.2) is 0 Å². The molecule has 12 heteroatoms. The highest BCUT2D eigenvalue weighted by Gasteiger charge is 2.30. The standard InChI is InChI=1S/C19H22N4O8/c20-11(6-15(24)25)17(28)22-13(7-16(26)27)18(29)23-14(19(30)31)5-9-8-21-12-4-2-1-3-10(9)12/h1-4,8,11,13-14,21H,5-7,20H2,(H,22,28)(H,23,29)(H,24,25)(H,26,27)(H,30,31). The summed E-state index contributed by atoms with van der Waals surface area (Å²) < 4.78 is 0. The zero-order chi connectivity index (χ0) is 23.1. The summed E-state index contributed by atoms with van der Waals surface area (Å²) in [5.41, 5.74) is 6.81. The molecule has 0 bridgehead atoms. The summed E-state index contributed by atoms with van der Waals surface area (Å²) in [6, 6.07) is 2.58. The van der Waals surface area contributed by atoms with Gasteiger partial charge in [-0.1, -0.05) is 18.2 Å². The molecule has 12 nitrogen and oxygen atoms in total. The average molecular weight is 434 g/mol. The molecular weight excluding hydrogens is 412 g/mol. The van der Waals surface area contributed by atoms with E-state index in [1.807, 2.05) is 0 Å². The van der Waals surface area contributed by atoms with Gasteiger partial charge in [0, 0.05) is 23.5 Å². The number of hydrogen-bond donors (Lipinski definition) is 7. The lowest BCUT2D eigenvalue weighted by Crippen LogP contribution is -2.55. The minimum Gasteiger partial charge on any atom is -0.481 e. The Bertz CT molecular complexity index is 1000. The number of H-pyrrole nitrogens is 1. The van der Waals surface area contributed by atoms with Crippen molar-refractivity contribution in [3.63, 3.8) is 0 Å². The number of nitrogens with one attached hydrogen (secondary N) is 3. The summed E-state index contributed by atoms with van der Waals surface area (Å²) in [6.07, 6.45) is -0.0755. The third kappa shape index (κ3) is 6.54. The van der Waals surface area contributed by atoms with Crippen molar-refractivity contribution < 1.29 is 39.3 Å². The number of carbonyl (C=O) groups excluding carboxylic acids is 2. The van der Waals surface area contributed by atoms with Gasteiger partial charge in [-0.05, 0) is 11.6 Å². The quantitative estimate of drug-likeness (QED) is 0.232. The van der Waals surface area contributed by atoms with Crippen LogP contribution in [0.25, 0.3) is 10.9 Å². The van der Waals surface area contributed by atoms with E-state index in [2.05, 4.69) is 15.6 Å². The molecule has 0 fully saturated rings. The first kappa shape index (κ1) is 23.3. The Morgan fingerprint density at radius 3 is 2.13 bits per heavy atom. The number of aromatic nitrogens is 1. The van der Waals surface area contributed by atoms with Crippen molar-refractivity contribution in [3.05, 3.63) is 36.0 Å². The first-order valence-corrected chi connectivity index (χ1v) is 9.16. The number of aromatic amines is 1. The first-order chi connectivity index (χ1) is 14.6. The smallest absolute Gasteiger partial charge is 0.326 e. The number of rotatable bonds is 11. The zero-order valence-electron chi connectivity index (χ0n) is 16.2. The number of amides is 2. The highest BCUT2D eigenvalue weighted by molar-refractivity contribution is 5.95. The second-order valence-corrected chi connectivity index (χ2v) is 6.83. The molecule has 2 aromatic rings. The van der Waals surface area contributed by atoms with Gasteiger partial charge < -0.3 is 36.7 Å². The van der Waals surface area contributed by atoms with Crippen LogP contribution in [0, 0.1) is 0 Å². The minimum atomic E-state index is -1.64. The molecule has 8 N–H and O–H groups in total. The van der Waals surface area contributed by atoms with Gasteiger partial charge in [-0.3, -0.25) is 19.2 Å². The zero-order valence-corrected chi connectivity index (χ0v) is 16.2. The minimum absolute atomic E-state index is 0.0998. The van der Waals surface area contributed by atoms with Crippen molar-refractivity contribution >= 4 is 40.6 Å². The lowest BCUT2D eigenvalue weighted by molar-refractivity contribution is -0.144. The number of carboxylic acids is 3. The molecule has 166 valence electrons. The topological polar surface area (TPSA) is 212 Å². The number of carboxylic acid groups (broad SMARTS) is 3. The first-order valence-electron chi connectivity index (χ1n) is 9.16. The Morgan fingerprint density at radius 2 is 1.52 bits per heavy atom. The average Bonchev–Trinajstić information content (AvgIpc) is 3.08. The third-order valence-corrected chi connectivity index (χ3v) is 4.46. The van der Waals surface area contributed by atoms with Gasteiger partial charge >= 0.3 is 17.9 Å². The fourth-order valence-corrected chi connectivity index (χ4v) is 2.94. The van der Waals surface area contributed by atoms with Gasteiger partial charge in [0.1, 0.15) is 12.1 Å². The van der Waals surface area contributed by atoms with E-state index < -0.39 is 60.7 Å². The molecule has 3 unspecified atom stereocenters. The molecule has 2 rings (SSSR count). The molecule has 31 heavy (non-hydrogen) atoms. The van der Waals surface area contributed by atoms with Gasteiger partial charge in [-0.25, -0.2) is 4.79 Å². The largest absolute Gasteiger partial charge is 0.481 e. The highest BCUT2D eigenvalue weighted by atomic mass is 16.4. The van der Waals surface area contributed by atoms with E-state index in [9.17, 15) is 29.1 Å². The van der Waals surface area contributed by atoms with E-state index >= 15 is 0 Å². The highest BCUT2D eigenvalue weighted by Crippen LogP contribution is 2.19. The van der Waals surface area contributed by atoms with Crippen molar-refractivity contribution in [2.24, 2.45) is 5.73 Å². The maximum absolute atomic E-state index is 12.5. The van der Waals surface area contributed by atoms with Crippen molar-refractivity contribution in [3.8, 4) is 0 Å². The van der Waals surface area contributed by atoms with Crippen molar-refractivity contribution in [1.82, 2.24) is 15.6 Å². The van der Waals surface area contributed by atoms with Gasteiger partial charge in [-0.15, -0.1) is 0 Å². The molecule has 0 aliphatic heterocycles.